The molecule has 0 saturated carbocycles. The second-order valence-electron chi connectivity index (χ2n) is 4.38. The zero-order valence-electron chi connectivity index (χ0n) is 9.93. The highest BCUT2D eigenvalue weighted by molar-refractivity contribution is 5.19. The van der Waals surface area contributed by atoms with Crippen LogP contribution in [0.2, 0.25) is 0 Å². The minimum Gasteiger partial charge on any atom is -0.394 e. The third-order valence-corrected chi connectivity index (χ3v) is 2.61. The lowest BCUT2D eigenvalue weighted by Crippen LogP contribution is -2.34. The summed E-state index contributed by atoms with van der Waals surface area (Å²) in [6.07, 6.45) is -0.690. The molecule has 3 nitrogen and oxygen atoms in total. The van der Waals surface area contributed by atoms with Gasteiger partial charge in [-0.2, -0.15) is 0 Å². The standard InChI is InChI=1S/C13H21NO2/c1-10(2)13(14-8-12(16)9-15)11-6-4-3-5-7-11/h3-7,10,12-16H,8-9H2,1-2H3. The summed E-state index contributed by atoms with van der Waals surface area (Å²) in [7, 11) is 0. The van der Waals surface area contributed by atoms with Crippen molar-refractivity contribution in [3.63, 3.8) is 0 Å². The molecule has 1 aromatic rings. The van der Waals surface area contributed by atoms with Crippen LogP contribution >= 0.6 is 0 Å². The van der Waals surface area contributed by atoms with E-state index in [-0.39, 0.29) is 12.6 Å². The Bertz CT molecular complexity index is 287. The van der Waals surface area contributed by atoms with Crippen LogP contribution in [0.15, 0.2) is 30.3 Å². The van der Waals surface area contributed by atoms with Crippen LogP contribution in [-0.2, 0) is 0 Å². The Labute approximate surface area is 97.1 Å². The molecule has 2 atom stereocenters. The van der Waals surface area contributed by atoms with E-state index < -0.39 is 6.10 Å². The fourth-order valence-electron chi connectivity index (χ4n) is 1.73. The summed E-state index contributed by atoms with van der Waals surface area (Å²) in [6.45, 7) is 4.48. The normalized spacial score (nSPS) is 15.1. The van der Waals surface area contributed by atoms with Crippen LogP contribution in [-0.4, -0.2) is 29.5 Å². The number of hydrogen-bond donors (Lipinski definition) is 3. The molecule has 0 heterocycles. The smallest absolute Gasteiger partial charge is 0.0895 e. The van der Waals surface area contributed by atoms with Crippen LogP contribution in [0.25, 0.3) is 0 Å². The second kappa shape index (κ2) is 6.63. The predicted octanol–water partition coefficient (Wildman–Crippen LogP) is 1.33. The summed E-state index contributed by atoms with van der Waals surface area (Å²) in [5.41, 5.74) is 1.21. The van der Waals surface area contributed by atoms with Gasteiger partial charge in [0.2, 0.25) is 0 Å². The van der Waals surface area contributed by atoms with Crippen molar-refractivity contribution in [1.29, 1.82) is 0 Å². The van der Waals surface area contributed by atoms with Gasteiger partial charge in [0.25, 0.3) is 0 Å². The predicted molar refractivity (Wildman–Crippen MR) is 65.1 cm³/mol. The molecule has 2 unspecified atom stereocenters. The molecule has 0 spiro atoms. The molecular formula is C13H21NO2. The van der Waals surface area contributed by atoms with Gasteiger partial charge in [-0.15, -0.1) is 0 Å². The lowest BCUT2D eigenvalue weighted by molar-refractivity contribution is 0.0901. The molecule has 16 heavy (non-hydrogen) atoms. The highest BCUT2D eigenvalue weighted by Crippen LogP contribution is 2.20. The maximum Gasteiger partial charge on any atom is 0.0895 e. The molecule has 3 N–H and O–H groups in total. The summed E-state index contributed by atoms with van der Waals surface area (Å²) < 4.78 is 0. The molecule has 0 aliphatic rings. The molecule has 0 aromatic heterocycles. The lowest BCUT2D eigenvalue weighted by atomic mass is 9.96. The van der Waals surface area contributed by atoms with Crippen LogP contribution in [0.5, 0.6) is 0 Å². The number of aliphatic hydroxyl groups is 2. The molecule has 90 valence electrons. The van der Waals surface area contributed by atoms with Gasteiger partial charge in [-0.05, 0) is 11.5 Å². The summed E-state index contributed by atoms with van der Waals surface area (Å²) in [6, 6.07) is 10.4. The van der Waals surface area contributed by atoms with Crippen molar-refractivity contribution < 1.29 is 10.2 Å². The Morgan fingerprint density at radius 1 is 1.19 bits per heavy atom. The van der Waals surface area contributed by atoms with Gasteiger partial charge >= 0.3 is 0 Å². The number of nitrogens with one attached hydrogen (secondary N) is 1. The minimum atomic E-state index is -0.690. The van der Waals surface area contributed by atoms with E-state index in [4.69, 9.17) is 5.11 Å². The largest absolute Gasteiger partial charge is 0.394 e. The zero-order valence-corrected chi connectivity index (χ0v) is 9.93. The van der Waals surface area contributed by atoms with Gasteiger partial charge in [-0.1, -0.05) is 44.2 Å². The number of aliphatic hydroxyl groups excluding tert-OH is 2. The lowest BCUT2D eigenvalue weighted by Gasteiger charge is -2.24. The highest BCUT2D eigenvalue weighted by Gasteiger charge is 2.15. The first-order valence-corrected chi connectivity index (χ1v) is 5.72. The Morgan fingerprint density at radius 3 is 2.31 bits per heavy atom. The topological polar surface area (TPSA) is 52.5 Å². The average Bonchev–Trinajstić information content (AvgIpc) is 2.30. The molecule has 3 heteroatoms. The first kappa shape index (κ1) is 13.2. The van der Waals surface area contributed by atoms with Crippen LogP contribution in [0.4, 0.5) is 0 Å². The van der Waals surface area contributed by atoms with Gasteiger partial charge < -0.3 is 15.5 Å². The summed E-state index contributed by atoms with van der Waals surface area (Å²) in [5, 5.41) is 21.4. The Kier molecular flexibility index (Phi) is 5.46. The third kappa shape index (κ3) is 3.93. The summed E-state index contributed by atoms with van der Waals surface area (Å²) in [4.78, 5) is 0. The third-order valence-electron chi connectivity index (χ3n) is 2.61. The average molecular weight is 223 g/mol. The van der Waals surface area contributed by atoms with E-state index in [9.17, 15) is 5.11 Å². The maximum absolute atomic E-state index is 9.32. The SMILES string of the molecule is CC(C)C(NCC(O)CO)c1ccccc1. The van der Waals surface area contributed by atoms with Gasteiger partial charge in [-0.3, -0.25) is 0 Å². The van der Waals surface area contributed by atoms with Crippen molar-refractivity contribution >= 4 is 0 Å². The molecular weight excluding hydrogens is 202 g/mol. The van der Waals surface area contributed by atoms with E-state index in [1.165, 1.54) is 5.56 Å². The molecule has 0 fully saturated rings. The van der Waals surface area contributed by atoms with Crippen molar-refractivity contribution in [2.45, 2.75) is 26.0 Å². The van der Waals surface area contributed by atoms with Gasteiger partial charge in [0, 0.05) is 12.6 Å². The zero-order chi connectivity index (χ0) is 12.0. The quantitative estimate of drug-likeness (QED) is 0.682. The van der Waals surface area contributed by atoms with E-state index in [0.717, 1.165) is 0 Å². The second-order valence-corrected chi connectivity index (χ2v) is 4.38. The Balaban J connectivity index is 2.62. The first-order valence-electron chi connectivity index (χ1n) is 5.72. The fraction of sp³-hybridized carbons (Fsp3) is 0.538. The molecule has 0 radical (unpaired) electrons. The van der Waals surface area contributed by atoms with Gasteiger partial charge in [0.05, 0.1) is 12.7 Å². The minimum absolute atomic E-state index is 0.202. The van der Waals surface area contributed by atoms with Crippen LogP contribution < -0.4 is 5.32 Å². The van der Waals surface area contributed by atoms with E-state index in [0.29, 0.717) is 12.5 Å². The highest BCUT2D eigenvalue weighted by atomic mass is 16.3. The van der Waals surface area contributed by atoms with Crippen molar-refractivity contribution in [1.82, 2.24) is 5.32 Å². The molecule has 0 aliphatic heterocycles. The van der Waals surface area contributed by atoms with E-state index in [1.54, 1.807) is 0 Å². The molecule has 1 rings (SSSR count). The van der Waals surface area contributed by atoms with Crippen molar-refractivity contribution in [2.75, 3.05) is 13.2 Å². The van der Waals surface area contributed by atoms with E-state index >= 15 is 0 Å². The van der Waals surface area contributed by atoms with Crippen LogP contribution in [0, 0.1) is 5.92 Å². The monoisotopic (exact) mass is 223 g/mol. The molecule has 0 amide bonds. The van der Waals surface area contributed by atoms with Crippen molar-refractivity contribution in [3.05, 3.63) is 35.9 Å². The van der Waals surface area contributed by atoms with Gasteiger partial charge in [0.1, 0.15) is 0 Å². The van der Waals surface area contributed by atoms with E-state index in [2.05, 4.69) is 31.3 Å². The summed E-state index contributed by atoms with van der Waals surface area (Å²) in [5.74, 6) is 0.438. The van der Waals surface area contributed by atoms with Crippen LogP contribution in [0.1, 0.15) is 25.5 Å². The maximum atomic E-state index is 9.32. The van der Waals surface area contributed by atoms with Crippen LogP contribution in [0.3, 0.4) is 0 Å². The van der Waals surface area contributed by atoms with Gasteiger partial charge in [-0.25, -0.2) is 0 Å². The van der Waals surface area contributed by atoms with E-state index in [1.807, 2.05) is 18.2 Å². The molecule has 0 bridgehead atoms. The number of rotatable bonds is 6. The number of hydrogen-bond acceptors (Lipinski definition) is 3. The molecule has 0 saturated heterocycles. The van der Waals surface area contributed by atoms with Crippen molar-refractivity contribution in [2.24, 2.45) is 5.92 Å². The molecule has 1 aromatic carbocycles. The number of benzene rings is 1. The Hall–Kier alpha value is -0.900. The van der Waals surface area contributed by atoms with Crippen molar-refractivity contribution in [3.8, 4) is 0 Å². The van der Waals surface area contributed by atoms with Gasteiger partial charge in [0.15, 0.2) is 0 Å². The Morgan fingerprint density at radius 2 is 1.81 bits per heavy atom. The first-order chi connectivity index (χ1) is 7.65. The molecule has 0 aliphatic carbocycles. The fourth-order valence-corrected chi connectivity index (χ4v) is 1.73. The summed E-state index contributed by atoms with van der Waals surface area (Å²) >= 11 is 0.